The van der Waals surface area contributed by atoms with E-state index >= 15 is 0 Å². The number of nitrogens with one attached hydrogen (secondary N) is 1. The van der Waals surface area contributed by atoms with Gasteiger partial charge in [-0.05, 0) is 13.5 Å². The number of rotatable bonds is 2. The molecule has 1 N–H and O–H groups in total. The smallest absolute Gasteiger partial charge is 0.237 e. The number of alkyl halides is 1. The Morgan fingerprint density at radius 3 is 3.00 bits per heavy atom. The summed E-state index contributed by atoms with van der Waals surface area (Å²) in [4.78, 5) is 12.8. The van der Waals surface area contributed by atoms with Crippen LogP contribution in [0.5, 0.6) is 0 Å². The Kier molecular flexibility index (Phi) is 3.15. The third-order valence-corrected chi connectivity index (χ3v) is 2.29. The van der Waals surface area contributed by atoms with E-state index in [2.05, 4.69) is 5.32 Å². The number of hydrogen-bond acceptors (Lipinski definition) is 2. The summed E-state index contributed by atoms with van der Waals surface area (Å²) in [6, 6.07) is 0.460. The van der Waals surface area contributed by atoms with Crippen LogP contribution in [0.25, 0.3) is 0 Å². The van der Waals surface area contributed by atoms with Crippen LogP contribution in [0.3, 0.4) is 0 Å². The molecule has 1 fully saturated rings. The Morgan fingerprint density at radius 2 is 2.55 bits per heavy atom. The molecule has 0 radical (unpaired) electrons. The quantitative estimate of drug-likeness (QED) is 0.603. The Balaban J connectivity index is 2.35. The van der Waals surface area contributed by atoms with E-state index in [1.165, 1.54) is 0 Å². The van der Waals surface area contributed by atoms with E-state index < -0.39 is 0 Å². The van der Waals surface area contributed by atoms with Crippen LogP contribution in [0.4, 0.5) is 0 Å². The van der Waals surface area contributed by atoms with Crippen molar-refractivity contribution in [2.75, 3.05) is 26.0 Å². The van der Waals surface area contributed by atoms with Crippen LogP contribution in [-0.4, -0.2) is 42.9 Å². The van der Waals surface area contributed by atoms with E-state index in [0.29, 0.717) is 6.04 Å². The molecule has 1 amide bonds. The zero-order valence-corrected chi connectivity index (χ0v) is 7.40. The van der Waals surface area contributed by atoms with Crippen molar-refractivity contribution in [2.45, 2.75) is 12.5 Å². The van der Waals surface area contributed by atoms with Gasteiger partial charge in [0, 0.05) is 19.1 Å². The number of likely N-dealkylation sites (N-methyl/N-ethyl adjacent to an activating group) is 1. The van der Waals surface area contributed by atoms with E-state index in [1.807, 2.05) is 7.05 Å². The summed E-state index contributed by atoms with van der Waals surface area (Å²) in [5.74, 6) is 0.153. The molecule has 1 rings (SSSR count). The average molecular weight is 177 g/mol. The topological polar surface area (TPSA) is 32.3 Å². The van der Waals surface area contributed by atoms with Gasteiger partial charge in [-0.2, -0.15) is 0 Å². The molecule has 0 unspecified atom stereocenters. The van der Waals surface area contributed by atoms with E-state index in [9.17, 15) is 4.79 Å². The van der Waals surface area contributed by atoms with E-state index in [-0.39, 0.29) is 11.8 Å². The van der Waals surface area contributed by atoms with Crippen LogP contribution in [-0.2, 0) is 4.79 Å². The second kappa shape index (κ2) is 3.93. The van der Waals surface area contributed by atoms with Crippen LogP contribution >= 0.6 is 11.6 Å². The molecule has 0 spiro atoms. The first-order chi connectivity index (χ1) is 5.27. The lowest BCUT2D eigenvalue weighted by atomic mass is 10.3. The molecule has 1 saturated heterocycles. The molecule has 0 aromatic heterocycles. The minimum Gasteiger partial charge on any atom is -0.340 e. The lowest BCUT2D eigenvalue weighted by Gasteiger charge is -2.14. The number of halogens is 1. The Bertz CT molecular complexity index is 151. The number of carbonyl (C=O) groups excluding carboxylic acids is 1. The lowest BCUT2D eigenvalue weighted by Crippen LogP contribution is -2.33. The molecule has 1 aliphatic rings. The fourth-order valence-corrected chi connectivity index (χ4v) is 1.48. The van der Waals surface area contributed by atoms with Gasteiger partial charge in [-0.1, -0.05) is 0 Å². The highest BCUT2D eigenvalue weighted by atomic mass is 35.5. The van der Waals surface area contributed by atoms with Crippen molar-refractivity contribution in [3.05, 3.63) is 0 Å². The van der Waals surface area contributed by atoms with Crippen LogP contribution in [0.15, 0.2) is 0 Å². The maximum Gasteiger partial charge on any atom is 0.237 e. The van der Waals surface area contributed by atoms with Crippen molar-refractivity contribution in [1.29, 1.82) is 0 Å². The molecule has 4 heteroatoms. The summed E-state index contributed by atoms with van der Waals surface area (Å²) in [5.41, 5.74) is 0. The molecular weight excluding hydrogens is 164 g/mol. The zero-order valence-electron chi connectivity index (χ0n) is 6.64. The van der Waals surface area contributed by atoms with E-state index in [4.69, 9.17) is 11.6 Å². The minimum atomic E-state index is 0.0458. The molecular formula is C7H13ClN2O. The summed E-state index contributed by atoms with van der Waals surface area (Å²) in [6.07, 6.45) is 1.04. The van der Waals surface area contributed by atoms with Crippen molar-refractivity contribution in [3.63, 3.8) is 0 Å². The molecule has 0 aromatic carbocycles. The molecule has 1 aliphatic heterocycles. The molecule has 0 aliphatic carbocycles. The maximum absolute atomic E-state index is 11.0. The summed E-state index contributed by atoms with van der Waals surface area (Å²) < 4.78 is 0. The average Bonchev–Trinajstić information content (AvgIpc) is 2.50. The Labute approximate surface area is 71.7 Å². The van der Waals surface area contributed by atoms with Gasteiger partial charge in [0.15, 0.2) is 0 Å². The monoisotopic (exact) mass is 176 g/mol. The van der Waals surface area contributed by atoms with Crippen molar-refractivity contribution < 1.29 is 4.79 Å². The minimum absolute atomic E-state index is 0.0458. The van der Waals surface area contributed by atoms with E-state index in [1.54, 1.807) is 4.90 Å². The zero-order chi connectivity index (χ0) is 8.27. The Morgan fingerprint density at radius 1 is 1.82 bits per heavy atom. The second-order valence-electron chi connectivity index (χ2n) is 2.75. The van der Waals surface area contributed by atoms with Gasteiger partial charge in [-0.25, -0.2) is 0 Å². The van der Waals surface area contributed by atoms with Gasteiger partial charge in [-0.15, -0.1) is 11.6 Å². The highest BCUT2D eigenvalue weighted by Gasteiger charge is 2.23. The first kappa shape index (κ1) is 8.81. The first-order valence-electron chi connectivity index (χ1n) is 3.79. The standard InChI is InChI=1S/C7H13ClN2O/c1-9-6-2-3-10(5-6)7(11)4-8/h6,9H,2-5H2,1H3/t6-/m0/s1. The molecule has 64 valence electrons. The number of amides is 1. The highest BCUT2D eigenvalue weighted by Crippen LogP contribution is 2.08. The lowest BCUT2D eigenvalue weighted by molar-refractivity contribution is -0.127. The van der Waals surface area contributed by atoms with Crippen molar-refractivity contribution in [1.82, 2.24) is 10.2 Å². The van der Waals surface area contributed by atoms with Gasteiger partial charge in [0.1, 0.15) is 5.88 Å². The predicted octanol–water partition coefficient (Wildman–Crippen LogP) is 0.0455. The fraction of sp³-hybridized carbons (Fsp3) is 0.857. The molecule has 3 nitrogen and oxygen atoms in total. The molecule has 1 heterocycles. The largest absolute Gasteiger partial charge is 0.340 e. The van der Waals surface area contributed by atoms with Gasteiger partial charge >= 0.3 is 0 Å². The number of likely N-dealkylation sites (tertiary alicyclic amines) is 1. The molecule has 11 heavy (non-hydrogen) atoms. The summed E-state index contributed by atoms with van der Waals surface area (Å²) >= 11 is 5.41. The number of nitrogens with zero attached hydrogens (tertiary/aromatic N) is 1. The normalized spacial score (nSPS) is 24.2. The van der Waals surface area contributed by atoms with Crippen LogP contribution in [0.1, 0.15) is 6.42 Å². The molecule has 0 aromatic rings. The van der Waals surface area contributed by atoms with Crippen LogP contribution < -0.4 is 5.32 Å². The number of carbonyl (C=O) groups is 1. The fourth-order valence-electron chi connectivity index (χ4n) is 1.31. The van der Waals surface area contributed by atoms with Crippen molar-refractivity contribution in [3.8, 4) is 0 Å². The van der Waals surface area contributed by atoms with Gasteiger partial charge in [0.2, 0.25) is 5.91 Å². The van der Waals surface area contributed by atoms with Gasteiger partial charge in [0.05, 0.1) is 0 Å². The summed E-state index contributed by atoms with van der Waals surface area (Å²) in [6.45, 7) is 1.65. The highest BCUT2D eigenvalue weighted by molar-refractivity contribution is 6.27. The van der Waals surface area contributed by atoms with Crippen LogP contribution in [0.2, 0.25) is 0 Å². The van der Waals surface area contributed by atoms with Gasteiger partial charge in [0.25, 0.3) is 0 Å². The Hall–Kier alpha value is -0.280. The van der Waals surface area contributed by atoms with Crippen molar-refractivity contribution >= 4 is 17.5 Å². The maximum atomic E-state index is 11.0. The van der Waals surface area contributed by atoms with Gasteiger partial charge < -0.3 is 10.2 Å². The summed E-state index contributed by atoms with van der Waals surface area (Å²) in [5, 5.41) is 3.14. The molecule has 1 atom stereocenters. The second-order valence-corrected chi connectivity index (χ2v) is 3.01. The van der Waals surface area contributed by atoms with Crippen molar-refractivity contribution in [2.24, 2.45) is 0 Å². The van der Waals surface area contributed by atoms with E-state index in [0.717, 1.165) is 19.5 Å². The van der Waals surface area contributed by atoms with Gasteiger partial charge in [-0.3, -0.25) is 4.79 Å². The molecule has 0 bridgehead atoms. The SMILES string of the molecule is CN[C@H]1CCN(C(=O)CCl)C1. The van der Waals surface area contributed by atoms with Crippen LogP contribution in [0, 0.1) is 0 Å². The third kappa shape index (κ3) is 2.07. The first-order valence-corrected chi connectivity index (χ1v) is 4.32. The predicted molar refractivity (Wildman–Crippen MR) is 44.8 cm³/mol. The molecule has 0 saturated carbocycles. The number of hydrogen-bond donors (Lipinski definition) is 1. The third-order valence-electron chi connectivity index (χ3n) is 2.06. The summed E-state index contributed by atoms with van der Waals surface area (Å²) in [7, 11) is 1.92.